The Morgan fingerprint density at radius 2 is 2.09 bits per heavy atom. The van der Waals surface area contributed by atoms with Crippen molar-refractivity contribution in [2.45, 2.75) is 20.3 Å². The number of methoxy groups -OCH3 is 1. The predicted molar refractivity (Wildman–Crippen MR) is 86.9 cm³/mol. The number of carbonyl (C=O) groups is 3. The van der Waals surface area contributed by atoms with Gasteiger partial charge in [0, 0.05) is 17.0 Å². The monoisotopic (exact) mass is 339 g/mol. The van der Waals surface area contributed by atoms with Gasteiger partial charge in [-0.05, 0) is 31.1 Å². The summed E-state index contributed by atoms with van der Waals surface area (Å²) in [4.78, 5) is 39.7. The molecule has 126 valence electrons. The van der Waals surface area contributed by atoms with E-state index in [4.69, 9.17) is 9.47 Å². The van der Waals surface area contributed by atoms with Gasteiger partial charge in [-0.2, -0.15) is 11.8 Å². The van der Waals surface area contributed by atoms with Crippen molar-refractivity contribution in [3.63, 3.8) is 0 Å². The van der Waals surface area contributed by atoms with Crippen molar-refractivity contribution < 1.29 is 23.9 Å². The number of hydrogen-bond acceptors (Lipinski definition) is 6. The number of aromatic amines is 1. The number of ether oxygens (including phenoxy) is 2. The van der Waals surface area contributed by atoms with Gasteiger partial charge in [0.1, 0.15) is 18.2 Å². The van der Waals surface area contributed by atoms with Crippen molar-refractivity contribution in [1.82, 2.24) is 4.98 Å². The lowest BCUT2D eigenvalue weighted by Gasteiger charge is -2.25. The van der Waals surface area contributed by atoms with Gasteiger partial charge in [0.25, 0.3) is 0 Å². The fraction of sp³-hybridized carbons (Fsp3) is 0.562. The van der Waals surface area contributed by atoms with Crippen LogP contribution in [0.2, 0.25) is 0 Å². The Morgan fingerprint density at radius 3 is 2.70 bits per heavy atom. The van der Waals surface area contributed by atoms with Gasteiger partial charge in [0.2, 0.25) is 0 Å². The highest BCUT2D eigenvalue weighted by atomic mass is 32.2. The summed E-state index contributed by atoms with van der Waals surface area (Å²) in [5.41, 5.74) is 1.95. The fourth-order valence-corrected chi connectivity index (χ4v) is 3.21. The Balaban J connectivity index is 2.31. The Hall–Kier alpha value is -1.76. The maximum Gasteiger partial charge on any atom is 0.355 e. The van der Waals surface area contributed by atoms with Crippen molar-refractivity contribution >= 4 is 29.5 Å². The number of carbonyl (C=O) groups excluding carboxylic acids is 3. The lowest BCUT2D eigenvalue weighted by Crippen LogP contribution is -2.36. The summed E-state index contributed by atoms with van der Waals surface area (Å²) >= 11 is 1.58. The van der Waals surface area contributed by atoms with Crippen LogP contribution in [0.15, 0.2) is 0 Å². The van der Waals surface area contributed by atoms with E-state index in [1.165, 1.54) is 7.11 Å². The van der Waals surface area contributed by atoms with E-state index in [1.807, 2.05) is 13.2 Å². The molecule has 2 atom stereocenters. The molecule has 2 rings (SSSR count). The molecule has 0 saturated heterocycles. The molecule has 0 aromatic carbocycles. The number of ketones is 1. The molecular formula is C16H21NO5S. The van der Waals surface area contributed by atoms with Gasteiger partial charge in [-0.25, -0.2) is 4.79 Å². The van der Waals surface area contributed by atoms with Gasteiger partial charge < -0.3 is 14.5 Å². The highest BCUT2D eigenvalue weighted by Gasteiger charge is 2.41. The molecule has 6 nitrogen and oxygen atoms in total. The molecule has 1 aliphatic carbocycles. The lowest BCUT2D eigenvalue weighted by atomic mass is 9.77. The molecule has 0 aliphatic heterocycles. The number of nitrogens with one attached hydrogen (secondary N) is 1. The molecule has 7 heteroatoms. The summed E-state index contributed by atoms with van der Waals surface area (Å²) in [6.45, 7) is 3.84. The van der Waals surface area contributed by atoms with Gasteiger partial charge in [0.05, 0.1) is 7.11 Å². The highest BCUT2D eigenvalue weighted by molar-refractivity contribution is 7.98. The van der Waals surface area contributed by atoms with Crippen molar-refractivity contribution in [3.8, 4) is 0 Å². The van der Waals surface area contributed by atoms with Crippen LogP contribution in [0.25, 0.3) is 0 Å². The van der Waals surface area contributed by atoms with Crippen LogP contribution in [-0.4, -0.2) is 48.4 Å². The number of hydrogen-bond donors (Lipinski definition) is 1. The summed E-state index contributed by atoms with van der Waals surface area (Å²) in [7, 11) is 1.27. The number of H-pyrrole nitrogens is 1. The minimum absolute atomic E-state index is 0.180. The van der Waals surface area contributed by atoms with Crippen molar-refractivity contribution in [3.05, 3.63) is 22.5 Å². The van der Waals surface area contributed by atoms with Crippen molar-refractivity contribution in [2.75, 3.05) is 25.7 Å². The molecule has 0 radical (unpaired) electrons. The van der Waals surface area contributed by atoms with Crippen LogP contribution in [0.4, 0.5) is 0 Å². The average molecular weight is 339 g/mol. The second kappa shape index (κ2) is 7.21. The summed E-state index contributed by atoms with van der Waals surface area (Å²) in [6, 6.07) is 0. The van der Waals surface area contributed by atoms with Crippen LogP contribution >= 0.6 is 11.8 Å². The lowest BCUT2D eigenvalue weighted by molar-refractivity contribution is -0.145. The molecular weight excluding hydrogens is 318 g/mol. The van der Waals surface area contributed by atoms with Crippen molar-refractivity contribution in [2.24, 2.45) is 11.8 Å². The van der Waals surface area contributed by atoms with E-state index in [1.54, 1.807) is 18.7 Å². The van der Waals surface area contributed by atoms with Crippen LogP contribution in [0, 0.1) is 18.8 Å². The minimum Gasteiger partial charge on any atom is -0.468 e. The molecule has 0 fully saturated rings. The number of aromatic nitrogens is 1. The zero-order chi connectivity index (χ0) is 17.1. The normalized spacial score (nSPS) is 20.1. The quantitative estimate of drug-likeness (QED) is 0.502. The minimum atomic E-state index is -0.817. The van der Waals surface area contributed by atoms with E-state index in [2.05, 4.69) is 4.98 Å². The average Bonchev–Trinajstić information content (AvgIpc) is 2.84. The molecule has 1 aliphatic rings. The molecule has 0 saturated carbocycles. The number of esters is 2. The summed E-state index contributed by atoms with van der Waals surface area (Å²) in [6.07, 6.45) is 2.44. The largest absolute Gasteiger partial charge is 0.468 e. The number of fused-ring (bicyclic) bond motifs is 1. The number of Topliss-reactive ketones (excluding diaryl/α,β-unsaturated/α-hetero) is 1. The van der Waals surface area contributed by atoms with Gasteiger partial charge in [-0.3, -0.25) is 9.59 Å². The number of rotatable bonds is 5. The van der Waals surface area contributed by atoms with E-state index in [9.17, 15) is 14.4 Å². The maximum atomic E-state index is 12.7. The van der Waals surface area contributed by atoms with Crippen LogP contribution < -0.4 is 0 Å². The number of thioether (sulfide) groups is 1. The fourth-order valence-electron chi connectivity index (χ4n) is 2.96. The van der Waals surface area contributed by atoms with Crippen LogP contribution in [0.1, 0.15) is 39.0 Å². The van der Waals surface area contributed by atoms with E-state index >= 15 is 0 Å². The van der Waals surface area contributed by atoms with E-state index in [0.29, 0.717) is 41.3 Å². The molecule has 1 heterocycles. The molecule has 1 aromatic rings. The van der Waals surface area contributed by atoms with Gasteiger partial charge in [-0.15, -0.1) is 0 Å². The first-order valence-electron chi connectivity index (χ1n) is 7.41. The Morgan fingerprint density at radius 1 is 1.39 bits per heavy atom. The highest BCUT2D eigenvalue weighted by Crippen LogP contribution is 2.34. The molecule has 0 bridgehead atoms. The molecule has 0 unspecified atom stereocenters. The third-order valence-corrected chi connectivity index (χ3v) is 4.71. The van der Waals surface area contributed by atoms with Gasteiger partial charge >= 0.3 is 11.9 Å². The smallest absolute Gasteiger partial charge is 0.355 e. The molecule has 0 amide bonds. The van der Waals surface area contributed by atoms with Crippen LogP contribution in [0.5, 0.6) is 0 Å². The molecule has 1 aromatic heterocycles. The summed E-state index contributed by atoms with van der Waals surface area (Å²) in [5.74, 6) is -1.57. The zero-order valence-electron chi connectivity index (χ0n) is 13.7. The topological polar surface area (TPSA) is 85.5 Å². The van der Waals surface area contributed by atoms with E-state index in [-0.39, 0.29) is 11.7 Å². The SMILES string of the molecule is COC(=O)[C@H]1C(=O)c2c([nH]c(C(=O)OCCSC)c2C)C[C@@H]1C. The first kappa shape index (κ1) is 17.6. The zero-order valence-corrected chi connectivity index (χ0v) is 14.5. The Kier molecular flexibility index (Phi) is 5.51. The maximum absolute atomic E-state index is 12.7. The Bertz CT molecular complexity index is 637. The second-order valence-electron chi connectivity index (χ2n) is 5.65. The third-order valence-electron chi connectivity index (χ3n) is 4.13. The first-order chi connectivity index (χ1) is 10.9. The first-order valence-corrected chi connectivity index (χ1v) is 8.81. The van der Waals surface area contributed by atoms with E-state index < -0.39 is 17.9 Å². The summed E-state index contributed by atoms with van der Waals surface area (Å²) < 4.78 is 9.93. The van der Waals surface area contributed by atoms with E-state index in [0.717, 1.165) is 0 Å². The molecule has 23 heavy (non-hydrogen) atoms. The van der Waals surface area contributed by atoms with Crippen molar-refractivity contribution in [1.29, 1.82) is 0 Å². The predicted octanol–water partition coefficient (Wildman–Crippen LogP) is 2.01. The standard InChI is InChI=1S/C16H21NO5S/c1-8-7-10-12(14(18)11(8)15(19)21-3)9(2)13(17-10)16(20)22-5-6-23-4/h8,11,17H,5-7H2,1-4H3/t8-,11+/m0/s1. The Labute approximate surface area is 139 Å². The van der Waals surface area contributed by atoms with Crippen LogP contribution in [0.3, 0.4) is 0 Å². The van der Waals surface area contributed by atoms with Crippen LogP contribution in [-0.2, 0) is 20.7 Å². The summed E-state index contributed by atoms with van der Waals surface area (Å²) in [5, 5.41) is 0. The van der Waals surface area contributed by atoms with Gasteiger partial charge in [-0.1, -0.05) is 6.92 Å². The second-order valence-corrected chi connectivity index (χ2v) is 6.64. The third kappa shape index (κ3) is 3.29. The van der Waals surface area contributed by atoms with Gasteiger partial charge in [0.15, 0.2) is 5.78 Å². The molecule has 0 spiro atoms. The molecule has 1 N–H and O–H groups in total.